The van der Waals surface area contributed by atoms with Gasteiger partial charge >= 0.3 is 11.9 Å². The summed E-state index contributed by atoms with van der Waals surface area (Å²) in [5.41, 5.74) is 2.31. The SMILES string of the molecule is COCc1ccc(C(=O)OCC(=O)Nc2sc(C)c(C)c2C(=O)OC)cc1. The summed E-state index contributed by atoms with van der Waals surface area (Å²) in [4.78, 5) is 37.0. The molecule has 0 bridgehead atoms. The molecule has 1 heterocycles. The summed E-state index contributed by atoms with van der Waals surface area (Å²) in [6.45, 7) is 3.60. The number of amides is 1. The van der Waals surface area contributed by atoms with Crippen molar-refractivity contribution in [2.24, 2.45) is 0 Å². The van der Waals surface area contributed by atoms with Gasteiger partial charge in [0.05, 0.1) is 24.8 Å². The molecule has 0 fully saturated rings. The molecule has 1 aromatic heterocycles. The second-order valence-corrected chi connectivity index (χ2v) is 6.96. The number of anilines is 1. The Kier molecular flexibility index (Phi) is 7.09. The third-order valence-electron chi connectivity index (χ3n) is 3.86. The Balaban J connectivity index is 1.97. The number of methoxy groups -OCH3 is 2. The van der Waals surface area contributed by atoms with Crippen LogP contribution in [0, 0.1) is 13.8 Å². The number of rotatable bonds is 7. The number of benzene rings is 1. The third kappa shape index (κ3) is 5.15. The van der Waals surface area contributed by atoms with Crippen molar-refractivity contribution >= 4 is 34.2 Å². The van der Waals surface area contributed by atoms with Crippen LogP contribution in [0.3, 0.4) is 0 Å². The highest BCUT2D eigenvalue weighted by molar-refractivity contribution is 7.16. The topological polar surface area (TPSA) is 90.9 Å². The molecule has 8 heteroatoms. The van der Waals surface area contributed by atoms with Crippen LogP contribution in [-0.2, 0) is 25.6 Å². The van der Waals surface area contributed by atoms with Crippen LogP contribution in [0.1, 0.15) is 36.7 Å². The van der Waals surface area contributed by atoms with Crippen molar-refractivity contribution in [3.63, 3.8) is 0 Å². The molecule has 2 aromatic rings. The van der Waals surface area contributed by atoms with E-state index < -0.39 is 24.5 Å². The Hall–Kier alpha value is -2.71. The number of hydrogen-bond donors (Lipinski definition) is 1. The van der Waals surface area contributed by atoms with Crippen LogP contribution in [0.25, 0.3) is 0 Å². The number of carbonyl (C=O) groups is 3. The highest BCUT2D eigenvalue weighted by Crippen LogP contribution is 2.32. The summed E-state index contributed by atoms with van der Waals surface area (Å²) in [6, 6.07) is 6.71. The molecule has 0 aliphatic heterocycles. The van der Waals surface area contributed by atoms with Gasteiger partial charge in [-0.25, -0.2) is 9.59 Å². The molecule has 1 aromatic carbocycles. The number of nitrogens with one attached hydrogen (secondary N) is 1. The maximum absolute atomic E-state index is 12.1. The Labute approximate surface area is 161 Å². The molecule has 0 atom stereocenters. The number of carbonyl (C=O) groups excluding carboxylic acids is 3. The second kappa shape index (κ2) is 9.29. The van der Waals surface area contributed by atoms with Crippen molar-refractivity contribution in [2.45, 2.75) is 20.5 Å². The van der Waals surface area contributed by atoms with E-state index in [1.54, 1.807) is 38.3 Å². The molecule has 2 rings (SSSR count). The first-order chi connectivity index (χ1) is 12.9. The number of hydrogen-bond acceptors (Lipinski definition) is 7. The van der Waals surface area contributed by atoms with Crippen molar-refractivity contribution in [2.75, 3.05) is 26.1 Å². The monoisotopic (exact) mass is 391 g/mol. The molecular weight excluding hydrogens is 370 g/mol. The normalized spacial score (nSPS) is 10.4. The van der Waals surface area contributed by atoms with Crippen molar-refractivity contribution in [3.05, 3.63) is 51.4 Å². The van der Waals surface area contributed by atoms with Crippen molar-refractivity contribution in [1.29, 1.82) is 0 Å². The molecule has 0 aliphatic carbocycles. The van der Waals surface area contributed by atoms with E-state index in [0.29, 0.717) is 22.7 Å². The minimum atomic E-state index is -0.610. The Morgan fingerprint density at radius 3 is 2.30 bits per heavy atom. The summed E-state index contributed by atoms with van der Waals surface area (Å²) in [6.07, 6.45) is 0. The first kappa shape index (κ1) is 20.6. The molecule has 7 nitrogen and oxygen atoms in total. The maximum atomic E-state index is 12.1. The molecule has 1 amide bonds. The zero-order chi connectivity index (χ0) is 20.0. The molecule has 0 spiro atoms. The first-order valence-corrected chi connectivity index (χ1v) is 8.92. The maximum Gasteiger partial charge on any atom is 0.341 e. The Bertz CT molecular complexity index is 841. The zero-order valence-corrected chi connectivity index (χ0v) is 16.4. The molecule has 1 N–H and O–H groups in total. The molecule has 144 valence electrons. The van der Waals surface area contributed by atoms with E-state index in [4.69, 9.17) is 14.2 Å². The van der Waals surface area contributed by atoms with Crippen molar-refractivity contribution in [3.8, 4) is 0 Å². The lowest BCUT2D eigenvalue weighted by molar-refractivity contribution is -0.119. The van der Waals surface area contributed by atoms with Gasteiger partial charge in [-0.1, -0.05) is 12.1 Å². The lowest BCUT2D eigenvalue weighted by atomic mass is 10.1. The smallest absolute Gasteiger partial charge is 0.341 e. The molecule has 0 unspecified atom stereocenters. The van der Waals surface area contributed by atoms with Gasteiger partial charge < -0.3 is 19.5 Å². The minimum absolute atomic E-state index is 0.313. The van der Waals surface area contributed by atoms with Crippen LogP contribution >= 0.6 is 11.3 Å². The highest BCUT2D eigenvalue weighted by Gasteiger charge is 2.22. The third-order valence-corrected chi connectivity index (χ3v) is 4.99. The van der Waals surface area contributed by atoms with Gasteiger partial charge in [0.2, 0.25) is 0 Å². The predicted molar refractivity (Wildman–Crippen MR) is 101 cm³/mol. The van der Waals surface area contributed by atoms with E-state index in [1.807, 2.05) is 6.92 Å². The van der Waals surface area contributed by atoms with E-state index in [9.17, 15) is 14.4 Å². The van der Waals surface area contributed by atoms with E-state index >= 15 is 0 Å². The van der Waals surface area contributed by atoms with Crippen molar-refractivity contribution < 1.29 is 28.6 Å². The minimum Gasteiger partial charge on any atom is -0.465 e. The van der Waals surface area contributed by atoms with Crippen LogP contribution < -0.4 is 5.32 Å². The largest absolute Gasteiger partial charge is 0.465 e. The van der Waals surface area contributed by atoms with Crippen molar-refractivity contribution in [1.82, 2.24) is 0 Å². The predicted octanol–water partition coefficient (Wildman–Crippen LogP) is 3.09. The average Bonchev–Trinajstić information content (AvgIpc) is 2.93. The van der Waals surface area contributed by atoms with Gasteiger partial charge in [-0.15, -0.1) is 11.3 Å². The molecule has 0 radical (unpaired) electrons. The van der Waals surface area contributed by atoms with E-state index in [-0.39, 0.29) is 0 Å². The molecule has 27 heavy (non-hydrogen) atoms. The van der Waals surface area contributed by atoms with Crippen LogP contribution in [0.2, 0.25) is 0 Å². The number of thiophene rings is 1. The summed E-state index contributed by atoms with van der Waals surface area (Å²) < 4.78 is 14.8. The van der Waals surface area contributed by atoms with Crippen LogP contribution in [0.15, 0.2) is 24.3 Å². The molecule has 0 saturated heterocycles. The average molecular weight is 391 g/mol. The van der Waals surface area contributed by atoms with Gasteiger partial charge in [0, 0.05) is 12.0 Å². The van der Waals surface area contributed by atoms with Gasteiger partial charge in [0.25, 0.3) is 5.91 Å². The van der Waals surface area contributed by atoms with E-state index in [2.05, 4.69) is 5.32 Å². The lowest BCUT2D eigenvalue weighted by Crippen LogP contribution is -2.21. The zero-order valence-electron chi connectivity index (χ0n) is 15.6. The first-order valence-electron chi connectivity index (χ1n) is 8.10. The quantitative estimate of drug-likeness (QED) is 0.730. The highest BCUT2D eigenvalue weighted by atomic mass is 32.1. The lowest BCUT2D eigenvalue weighted by Gasteiger charge is -2.08. The Morgan fingerprint density at radius 1 is 1.04 bits per heavy atom. The molecule has 0 saturated carbocycles. The van der Waals surface area contributed by atoms with Crippen LogP contribution in [0.5, 0.6) is 0 Å². The van der Waals surface area contributed by atoms with Gasteiger partial charge in [-0.3, -0.25) is 4.79 Å². The number of esters is 2. The number of ether oxygens (including phenoxy) is 3. The Morgan fingerprint density at radius 2 is 1.70 bits per heavy atom. The van der Waals surface area contributed by atoms with Gasteiger partial charge in [0.1, 0.15) is 5.00 Å². The fourth-order valence-electron chi connectivity index (χ4n) is 2.34. The standard InChI is InChI=1S/C19H21NO6S/c1-11-12(2)27-17(16(11)19(23)25-4)20-15(21)10-26-18(22)14-7-5-13(6-8-14)9-24-3/h5-8H,9-10H2,1-4H3,(H,20,21). The summed E-state index contributed by atoms with van der Waals surface area (Å²) in [7, 11) is 2.86. The van der Waals surface area contributed by atoms with E-state index in [0.717, 1.165) is 16.0 Å². The second-order valence-electron chi connectivity index (χ2n) is 5.73. The summed E-state index contributed by atoms with van der Waals surface area (Å²) >= 11 is 1.26. The molecular formula is C19H21NO6S. The fraction of sp³-hybridized carbons (Fsp3) is 0.316. The fourth-order valence-corrected chi connectivity index (χ4v) is 3.41. The summed E-state index contributed by atoms with van der Waals surface area (Å²) in [5.74, 6) is -1.67. The van der Waals surface area contributed by atoms with E-state index in [1.165, 1.54) is 18.4 Å². The van der Waals surface area contributed by atoms with Crippen LogP contribution in [-0.4, -0.2) is 38.7 Å². The van der Waals surface area contributed by atoms with Gasteiger partial charge in [0.15, 0.2) is 6.61 Å². The van der Waals surface area contributed by atoms with Gasteiger partial charge in [-0.05, 0) is 37.1 Å². The van der Waals surface area contributed by atoms with Gasteiger partial charge in [-0.2, -0.15) is 0 Å². The summed E-state index contributed by atoms with van der Waals surface area (Å²) in [5, 5.41) is 2.98. The number of aryl methyl sites for hydroxylation is 1. The van der Waals surface area contributed by atoms with Crippen LogP contribution in [0.4, 0.5) is 5.00 Å². The molecule has 0 aliphatic rings.